The average Bonchev–Trinajstić information content (AvgIpc) is 4.19. The van der Waals surface area contributed by atoms with Crippen molar-refractivity contribution in [2.45, 2.75) is 12.5 Å². The summed E-state index contributed by atoms with van der Waals surface area (Å²) in [5.41, 5.74) is 11.7. The van der Waals surface area contributed by atoms with Crippen LogP contribution in [0.3, 0.4) is 0 Å². The van der Waals surface area contributed by atoms with Crippen molar-refractivity contribution in [1.82, 2.24) is 10.3 Å². The lowest BCUT2D eigenvalue weighted by Gasteiger charge is -2.21. The van der Waals surface area contributed by atoms with Gasteiger partial charge < -0.3 is 29.2 Å². The van der Waals surface area contributed by atoms with Crippen molar-refractivity contribution < 1.29 is 18.9 Å². The number of allylic oxidation sites excluding steroid dienone is 5. The van der Waals surface area contributed by atoms with Crippen molar-refractivity contribution in [3.8, 4) is 72.4 Å². The van der Waals surface area contributed by atoms with E-state index in [0.29, 0.717) is 29.4 Å². The number of terminal acetylenes is 4. The molecule has 0 amide bonds. The van der Waals surface area contributed by atoms with E-state index in [4.69, 9.17) is 54.6 Å². The van der Waals surface area contributed by atoms with E-state index in [9.17, 15) is 0 Å². The lowest BCUT2D eigenvalue weighted by atomic mass is 9.95. The van der Waals surface area contributed by atoms with E-state index in [1.54, 1.807) is 0 Å². The molecule has 8 heteroatoms. The van der Waals surface area contributed by atoms with Gasteiger partial charge in [-0.15, -0.1) is 25.7 Å². The maximum Gasteiger partial charge on any atom is 0.148 e. The van der Waals surface area contributed by atoms with Crippen molar-refractivity contribution in [2.24, 2.45) is 9.98 Å². The molecule has 4 aromatic carbocycles. The van der Waals surface area contributed by atoms with Gasteiger partial charge in [-0.2, -0.15) is 0 Å². The number of hydrogen-bond acceptors (Lipinski definition) is 7. The van der Waals surface area contributed by atoms with Gasteiger partial charge in [0.2, 0.25) is 0 Å². The van der Waals surface area contributed by atoms with E-state index in [1.807, 2.05) is 84.9 Å². The Labute approximate surface area is 372 Å². The first-order chi connectivity index (χ1) is 31.5. The molecule has 0 fully saturated rings. The first kappa shape index (κ1) is 40.6. The highest BCUT2D eigenvalue weighted by Gasteiger charge is 2.30. The van der Waals surface area contributed by atoms with Gasteiger partial charge in [-0.1, -0.05) is 78.3 Å². The highest BCUT2D eigenvalue weighted by atomic mass is 16.5. The summed E-state index contributed by atoms with van der Waals surface area (Å²) in [5, 5.41) is 5.63. The smallest absolute Gasteiger partial charge is 0.148 e. The Balaban J connectivity index is 1.30. The number of hydrogen-bond donors (Lipinski definition) is 2. The van der Waals surface area contributed by atoms with Crippen molar-refractivity contribution in [3.05, 3.63) is 190 Å². The summed E-state index contributed by atoms with van der Waals surface area (Å²) < 4.78 is 23.0. The number of aliphatic imine (C=N–C) groups is 2. The molecule has 5 heterocycles. The maximum atomic E-state index is 5.76. The lowest BCUT2D eigenvalue weighted by molar-refractivity contribution is 0.370. The molecule has 1 unspecified atom stereocenters. The molecule has 64 heavy (non-hydrogen) atoms. The molecule has 0 spiro atoms. The minimum Gasteiger partial charge on any atom is -0.481 e. The summed E-state index contributed by atoms with van der Waals surface area (Å²) >= 11 is 0. The summed E-state index contributed by atoms with van der Waals surface area (Å²) in [7, 11) is 0. The quantitative estimate of drug-likeness (QED) is 0.127. The average molecular weight is 833 g/mol. The molecule has 1 atom stereocenters. The highest BCUT2D eigenvalue weighted by molar-refractivity contribution is 6.31. The largest absolute Gasteiger partial charge is 0.481 e. The second-order valence-electron chi connectivity index (χ2n) is 14.9. The molecule has 8 bridgehead atoms. The zero-order chi connectivity index (χ0) is 43.8. The number of H-pyrrole nitrogens is 1. The third-order valence-electron chi connectivity index (χ3n) is 10.9. The monoisotopic (exact) mass is 832 g/mol. The van der Waals surface area contributed by atoms with E-state index < -0.39 is 0 Å². The van der Waals surface area contributed by atoms with Crippen LogP contribution in [0.4, 0.5) is 0 Å². The SMILES string of the molecule is C#CCOc1ccc(/C2=C3\C=CC(=N3)/C(c3ccc(OCC#C)cc3)=c3/cc/c([nH]3)=C(\c3ccc(OCC#C)cc3)C3=N/C(=C(/c4ccc(OCC#C)cc4)C4CC=C2N4)C=C3)cc1. The van der Waals surface area contributed by atoms with Gasteiger partial charge in [0.05, 0.1) is 28.9 Å². The Morgan fingerprint density at radius 2 is 0.859 bits per heavy atom. The summed E-state index contributed by atoms with van der Waals surface area (Å²) in [6.07, 6.45) is 33.2. The normalized spacial score (nSPS) is 19.8. The Morgan fingerprint density at radius 1 is 0.469 bits per heavy atom. The molecule has 0 radical (unpaired) electrons. The van der Waals surface area contributed by atoms with E-state index in [1.165, 1.54) is 0 Å². The molecule has 1 aromatic heterocycles. The van der Waals surface area contributed by atoms with Crippen LogP contribution in [-0.4, -0.2) is 48.9 Å². The molecule has 308 valence electrons. The van der Waals surface area contributed by atoms with Crippen LogP contribution in [-0.2, 0) is 0 Å². The number of nitrogens with zero attached hydrogens (tertiary/aromatic N) is 2. The minimum absolute atomic E-state index is 0.156. The predicted molar refractivity (Wildman–Crippen MR) is 255 cm³/mol. The second kappa shape index (κ2) is 18.4. The van der Waals surface area contributed by atoms with Gasteiger partial charge in [0.1, 0.15) is 49.4 Å². The molecule has 9 rings (SSSR count). The highest BCUT2D eigenvalue weighted by Crippen LogP contribution is 2.39. The zero-order valence-electron chi connectivity index (χ0n) is 34.7. The van der Waals surface area contributed by atoms with E-state index >= 15 is 0 Å². The Hall–Kier alpha value is -8.82. The third-order valence-corrected chi connectivity index (χ3v) is 10.9. The van der Waals surface area contributed by atoms with Crippen LogP contribution in [0, 0.1) is 49.4 Å². The van der Waals surface area contributed by atoms with Crippen molar-refractivity contribution in [1.29, 1.82) is 0 Å². The fraction of sp³-hybridized carbons (Fsp3) is 0.107. The summed E-state index contributed by atoms with van der Waals surface area (Å²) in [4.78, 5) is 14.6. The molecule has 0 saturated carbocycles. The fourth-order valence-electron chi connectivity index (χ4n) is 8.12. The molecule has 0 saturated heterocycles. The summed E-state index contributed by atoms with van der Waals surface area (Å²) in [6.45, 7) is 0.698. The number of fused-ring (bicyclic) bond motifs is 6. The number of aromatic nitrogens is 1. The van der Waals surface area contributed by atoms with Gasteiger partial charge in [0.15, 0.2) is 0 Å². The molecule has 0 aliphatic carbocycles. The number of ether oxygens (including phenoxy) is 4. The van der Waals surface area contributed by atoms with Crippen LogP contribution >= 0.6 is 0 Å². The van der Waals surface area contributed by atoms with Crippen LogP contribution in [0.2, 0.25) is 0 Å². The molecule has 8 nitrogen and oxygen atoms in total. The van der Waals surface area contributed by atoms with E-state index in [-0.39, 0.29) is 32.5 Å². The molecule has 5 aromatic rings. The van der Waals surface area contributed by atoms with Gasteiger partial charge in [0, 0.05) is 38.7 Å². The zero-order valence-corrected chi connectivity index (χ0v) is 34.7. The standard InChI is InChI=1S/C56H40N4O4/c1-5-33-61-41-17-9-37(10-18-41)53-45-25-27-47(57-45)54(38-11-19-42(20-12-38)62-34-6-2)49-29-31-51(59-49)56(40-15-23-44(24-16-40)64-36-8-4)52-32-30-50(60-52)55(48-28-26-46(53)58-48)39-13-21-43(22-14-39)63-35-7-3/h1-4,9-31,52,57,60H,32-36H2/b53-45-,54-47-,55-48-,56-51-. The van der Waals surface area contributed by atoms with Crippen molar-refractivity contribution in [3.63, 3.8) is 0 Å². The number of nitrogens with one attached hydrogen (secondary N) is 2. The van der Waals surface area contributed by atoms with Crippen LogP contribution in [0.25, 0.3) is 22.3 Å². The molecule has 2 N–H and O–H groups in total. The Morgan fingerprint density at radius 3 is 1.30 bits per heavy atom. The number of rotatable bonds is 12. The first-order valence-corrected chi connectivity index (χ1v) is 20.6. The topological polar surface area (TPSA) is 89.5 Å². The fourth-order valence-corrected chi connectivity index (χ4v) is 8.12. The lowest BCUT2D eigenvalue weighted by Crippen LogP contribution is -2.26. The third kappa shape index (κ3) is 8.41. The van der Waals surface area contributed by atoms with Crippen LogP contribution < -0.4 is 35.0 Å². The molecular weight excluding hydrogens is 793 g/mol. The van der Waals surface area contributed by atoms with Gasteiger partial charge in [0.25, 0.3) is 0 Å². The van der Waals surface area contributed by atoms with Crippen LogP contribution in [0.5, 0.6) is 23.0 Å². The second-order valence-corrected chi connectivity index (χ2v) is 14.9. The van der Waals surface area contributed by atoms with Crippen LogP contribution in [0.1, 0.15) is 28.7 Å². The van der Waals surface area contributed by atoms with Crippen molar-refractivity contribution >= 4 is 33.7 Å². The number of benzene rings is 4. The number of aromatic amines is 1. The maximum absolute atomic E-state index is 5.76. The minimum atomic E-state index is -0.156. The summed E-state index contributed by atoms with van der Waals surface area (Å²) in [6, 6.07) is 35.7. The molecular formula is C56H40N4O4. The van der Waals surface area contributed by atoms with E-state index in [2.05, 4.69) is 88.6 Å². The van der Waals surface area contributed by atoms with Gasteiger partial charge in [-0.25, -0.2) is 9.98 Å². The van der Waals surface area contributed by atoms with Crippen molar-refractivity contribution in [2.75, 3.05) is 26.4 Å². The van der Waals surface area contributed by atoms with Gasteiger partial charge >= 0.3 is 0 Å². The van der Waals surface area contributed by atoms with Crippen LogP contribution in [0.15, 0.2) is 167 Å². The predicted octanol–water partition coefficient (Wildman–Crippen LogP) is 7.56. The Bertz CT molecular complexity index is 3160. The van der Waals surface area contributed by atoms with Gasteiger partial charge in [-0.3, -0.25) is 0 Å². The first-order valence-electron chi connectivity index (χ1n) is 20.6. The molecule has 4 aliphatic rings. The van der Waals surface area contributed by atoms with Gasteiger partial charge in [-0.05, 0) is 114 Å². The summed E-state index contributed by atoms with van der Waals surface area (Å²) in [5.74, 6) is 12.9. The Kier molecular flexibility index (Phi) is 11.7. The molecule has 4 aliphatic heterocycles. The van der Waals surface area contributed by atoms with E-state index in [0.717, 1.165) is 83.8 Å².